The van der Waals surface area contributed by atoms with E-state index in [0.29, 0.717) is 34.6 Å². The van der Waals surface area contributed by atoms with Crippen molar-refractivity contribution in [1.82, 2.24) is 0 Å². The highest BCUT2D eigenvalue weighted by Crippen LogP contribution is 2.41. The number of hydrogen-bond acceptors (Lipinski definition) is 9. The summed E-state index contributed by atoms with van der Waals surface area (Å²) in [5.41, 5.74) is 1.63. The Kier molecular flexibility index (Phi) is 12.2. The molecule has 5 atom stereocenters. The van der Waals surface area contributed by atoms with Gasteiger partial charge in [0.05, 0.1) is 17.1 Å². The number of fused-ring (bicyclic) bond motifs is 1. The molecular formula is C42H54O9Si. The molecule has 0 saturated carbocycles. The maximum absolute atomic E-state index is 13.1. The van der Waals surface area contributed by atoms with Gasteiger partial charge in [-0.2, -0.15) is 0 Å². The minimum absolute atomic E-state index is 0.375. The molecule has 6 rings (SSSR count). The van der Waals surface area contributed by atoms with Crippen LogP contribution in [0.5, 0.6) is 11.5 Å². The van der Waals surface area contributed by atoms with Gasteiger partial charge < -0.3 is 37.3 Å². The second-order valence-corrected chi connectivity index (χ2v) is 19.1. The van der Waals surface area contributed by atoms with Crippen LogP contribution in [0.4, 0.5) is 0 Å². The fourth-order valence-corrected chi connectivity index (χ4v) is 10.4. The third kappa shape index (κ3) is 8.17. The largest absolute Gasteiger partial charge is 0.480 e. The lowest BCUT2D eigenvalue weighted by Gasteiger charge is -2.52. The van der Waals surface area contributed by atoms with Gasteiger partial charge in [0.1, 0.15) is 35.4 Å². The normalized spacial score (nSPS) is 23.5. The topological polar surface area (TPSA) is 94.8 Å². The summed E-state index contributed by atoms with van der Waals surface area (Å²) in [6.07, 6.45) is -0.522. The molecule has 9 nitrogen and oxygen atoms in total. The molecule has 10 heteroatoms. The lowest BCUT2D eigenvalue weighted by atomic mass is 9.89. The Hall–Kier alpha value is -3.51. The highest BCUT2D eigenvalue weighted by molar-refractivity contribution is 6.73. The SMILES string of the molecule is CC[Si](CC)(CC)O[C@@H]1[C@@H](OC2CCCCO2)[C@H](Oc2ccc3c(OC(c4ccccc4)c4ccccc4)cc(=O)oc3c2C)OC(C)(C)[C@@H]1OC. The predicted octanol–water partition coefficient (Wildman–Crippen LogP) is 9.10. The Morgan fingerprint density at radius 3 is 2.10 bits per heavy atom. The van der Waals surface area contributed by atoms with Crippen molar-refractivity contribution in [2.24, 2.45) is 0 Å². The van der Waals surface area contributed by atoms with Crippen LogP contribution in [-0.4, -0.2) is 58.5 Å². The molecule has 3 aromatic carbocycles. The minimum Gasteiger partial charge on any atom is -0.480 e. The molecule has 3 heterocycles. The number of hydrogen-bond donors (Lipinski definition) is 0. The van der Waals surface area contributed by atoms with Crippen molar-refractivity contribution in [2.45, 2.75) is 122 Å². The summed E-state index contributed by atoms with van der Waals surface area (Å²) >= 11 is 0. The van der Waals surface area contributed by atoms with Gasteiger partial charge in [-0.25, -0.2) is 4.79 Å². The highest BCUT2D eigenvalue weighted by atomic mass is 28.4. The van der Waals surface area contributed by atoms with Crippen molar-refractivity contribution in [3.63, 3.8) is 0 Å². The molecular weight excluding hydrogens is 677 g/mol. The van der Waals surface area contributed by atoms with Crippen molar-refractivity contribution in [3.8, 4) is 11.5 Å². The molecule has 0 N–H and O–H groups in total. The third-order valence-corrected chi connectivity index (χ3v) is 15.4. The summed E-state index contributed by atoms with van der Waals surface area (Å²) < 4.78 is 52.3. The molecule has 52 heavy (non-hydrogen) atoms. The summed E-state index contributed by atoms with van der Waals surface area (Å²) in [5.74, 6) is 0.912. The predicted molar refractivity (Wildman–Crippen MR) is 203 cm³/mol. The monoisotopic (exact) mass is 730 g/mol. The lowest BCUT2D eigenvalue weighted by Crippen LogP contribution is -2.67. The number of ether oxygens (including phenoxy) is 6. The van der Waals surface area contributed by atoms with Gasteiger partial charge in [0.25, 0.3) is 0 Å². The molecule has 280 valence electrons. The number of rotatable bonds is 14. The van der Waals surface area contributed by atoms with Crippen molar-refractivity contribution in [3.05, 3.63) is 106 Å². The van der Waals surface area contributed by atoms with Gasteiger partial charge in [-0.15, -0.1) is 0 Å². The van der Waals surface area contributed by atoms with Crippen LogP contribution in [-0.2, 0) is 23.4 Å². The van der Waals surface area contributed by atoms with Crippen LogP contribution in [0.3, 0.4) is 0 Å². The average molecular weight is 731 g/mol. The molecule has 0 spiro atoms. The zero-order valence-corrected chi connectivity index (χ0v) is 32.6. The zero-order chi connectivity index (χ0) is 36.9. The quantitative estimate of drug-likeness (QED) is 0.0930. The lowest BCUT2D eigenvalue weighted by molar-refractivity contribution is -0.336. The van der Waals surface area contributed by atoms with Gasteiger partial charge in [0.15, 0.2) is 20.7 Å². The smallest absolute Gasteiger partial charge is 0.339 e. The standard InChI is InChI=1S/C42H54O9Si/c1-8-52(9-2,10-3)51-38-39(49-35-23-17-18-26-45-35)41(50-42(5,6)40(38)44-7)47-32-25-24-31-33(27-34(43)48-36(31)28(32)4)46-37(29-19-13-11-14-20-29)30-21-15-12-16-22-30/h11-16,19-22,24-25,27,35,37-41H,8-10,17-18,23,26H2,1-7H3/t35?,38-,39-,40-,41-/m1/s1. The second-order valence-electron chi connectivity index (χ2n) is 14.4. The van der Waals surface area contributed by atoms with Crippen LogP contribution in [0, 0.1) is 6.92 Å². The van der Waals surface area contributed by atoms with Crippen LogP contribution in [0.15, 0.2) is 88.1 Å². The fourth-order valence-electron chi connectivity index (χ4n) is 7.59. The van der Waals surface area contributed by atoms with Crippen molar-refractivity contribution in [2.75, 3.05) is 13.7 Å². The van der Waals surface area contributed by atoms with Gasteiger partial charge in [-0.1, -0.05) is 81.4 Å². The molecule has 0 aliphatic carbocycles. The highest BCUT2D eigenvalue weighted by Gasteiger charge is 2.55. The fraction of sp³-hybridized carbons (Fsp3) is 0.500. The summed E-state index contributed by atoms with van der Waals surface area (Å²) in [4.78, 5) is 13.1. The molecule has 1 aromatic heterocycles. The van der Waals surface area contributed by atoms with Gasteiger partial charge in [-0.3, -0.25) is 0 Å². The Labute approximate surface area is 308 Å². The Bertz CT molecular complexity index is 1750. The van der Waals surface area contributed by atoms with Gasteiger partial charge >= 0.3 is 5.63 Å². The van der Waals surface area contributed by atoms with E-state index in [2.05, 4.69) is 20.8 Å². The maximum Gasteiger partial charge on any atom is 0.339 e. The van der Waals surface area contributed by atoms with Crippen molar-refractivity contribution in [1.29, 1.82) is 0 Å². The first-order chi connectivity index (χ1) is 25.1. The summed E-state index contributed by atoms with van der Waals surface area (Å²) in [5, 5.41) is 0.653. The Morgan fingerprint density at radius 2 is 1.52 bits per heavy atom. The van der Waals surface area contributed by atoms with Gasteiger partial charge in [0.2, 0.25) is 6.29 Å². The number of aryl methyl sites for hydroxylation is 1. The van der Waals surface area contributed by atoms with Crippen LogP contribution in [0.25, 0.3) is 11.0 Å². The summed E-state index contributed by atoms with van der Waals surface area (Å²) in [6.45, 7) is 13.2. The Balaban J connectivity index is 1.38. The molecule has 2 aliphatic rings. The van der Waals surface area contributed by atoms with Gasteiger partial charge in [0, 0.05) is 19.3 Å². The van der Waals surface area contributed by atoms with Crippen LogP contribution >= 0.6 is 0 Å². The Morgan fingerprint density at radius 1 is 0.865 bits per heavy atom. The average Bonchev–Trinajstić information content (AvgIpc) is 3.16. The molecule has 1 unspecified atom stereocenters. The molecule has 0 amide bonds. The maximum atomic E-state index is 13.1. The first-order valence-electron chi connectivity index (χ1n) is 18.8. The molecule has 2 saturated heterocycles. The van der Waals surface area contributed by atoms with Crippen LogP contribution < -0.4 is 15.1 Å². The summed E-state index contributed by atoms with van der Waals surface area (Å²) in [6, 6.07) is 28.0. The zero-order valence-electron chi connectivity index (χ0n) is 31.6. The van der Waals surface area contributed by atoms with Gasteiger partial charge in [-0.05, 0) is 81.4 Å². The van der Waals surface area contributed by atoms with E-state index in [1.54, 1.807) is 7.11 Å². The van der Waals surface area contributed by atoms with Crippen molar-refractivity contribution >= 4 is 19.3 Å². The van der Waals surface area contributed by atoms with E-state index in [4.69, 9.17) is 37.3 Å². The first-order valence-corrected chi connectivity index (χ1v) is 21.3. The first kappa shape index (κ1) is 38.2. The summed E-state index contributed by atoms with van der Waals surface area (Å²) in [7, 11) is -0.455. The van der Waals surface area contributed by atoms with E-state index in [1.165, 1.54) is 6.07 Å². The second kappa shape index (κ2) is 16.7. The van der Waals surface area contributed by atoms with E-state index < -0.39 is 56.5 Å². The molecule has 0 radical (unpaired) electrons. The molecule has 0 bridgehead atoms. The van der Waals surface area contributed by atoms with E-state index >= 15 is 0 Å². The number of benzene rings is 3. The van der Waals surface area contributed by atoms with E-state index in [9.17, 15) is 4.79 Å². The van der Waals surface area contributed by atoms with E-state index in [-0.39, 0.29) is 0 Å². The van der Waals surface area contributed by atoms with E-state index in [1.807, 2.05) is 93.6 Å². The molecule has 2 fully saturated rings. The van der Waals surface area contributed by atoms with Crippen LogP contribution in [0.1, 0.15) is 76.7 Å². The molecule has 2 aliphatic heterocycles. The molecule has 4 aromatic rings. The number of methoxy groups -OCH3 is 1. The van der Waals surface area contributed by atoms with Crippen LogP contribution in [0.2, 0.25) is 18.1 Å². The third-order valence-electron chi connectivity index (χ3n) is 10.8. The minimum atomic E-state index is -2.15. The van der Waals surface area contributed by atoms with E-state index in [0.717, 1.165) is 48.5 Å². The van der Waals surface area contributed by atoms with Crippen molar-refractivity contribution < 1.29 is 37.3 Å².